The SMILES string of the molecule is Oc1ccc(CCNc2c(F)c(F)nc(F)c2F)cc1. The van der Waals surface area contributed by atoms with Crippen molar-refractivity contribution in [3.05, 3.63) is 53.4 Å². The highest BCUT2D eigenvalue weighted by atomic mass is 19.2. The number of nitrogens with one attached hydrogen (secondary N) is 1. The highest BCUT2D eigenvalue weighted by Crippen LogP contribution is 2.22. The summed E-state index contributed by atoms with van der Waals surface area (Å²) in [5.74, 6) is -6.42. The van der Waals surface area contributed by atoms with Crippen LogP contribution in [0.1, 0.15) is 5.56 Å². The van der Waals surface area contributed by atoms with E-state index in [0.29, 0.717) is 6.42 Å². The molecule has 3 nitrogen and oxygen atoms in total. The number of aromatic hydroxyl groups is 1. The zero-order valence-electron chi connectivity index (χ0n) is 10.1. The van der Waals surface area contributed by atoms with Gasteiger partial charge in [-0.05, 0) is 24.1 Å². The molecule has 1 aromatic carbocycles. The number of hydrogen-bond donors (Lipinski definition) is 2. The molecule has 2 aromatic rings. The molecule has 2 rings (SSSR count). The van der Waals surface area contributed by atoms with Crippen molar-refractivity contribution in [3.8, 4) is 5.75 Å². The number of aromatic nitrogens is 1. The van der Waals surface area contributed by atoms with Gasteiger partial charge in [-0.3, -0.25) is 0 Å². The Bertz CT molecular complexity index is 591. The molecule has 1 heterocycles. The van der Waals surface area contributed by atoms with Gasteiger partial charge in [0.05, 0.1) is 0 Å². The van der Waals surface area contributed by atoms with Crippen LogP contribution in [0.3, 0.4) is 0 Å². The molecule has 0 aliphatic heterocycles. The van der Waals surface area contributed by atoms with Gasteiger partial charge in [0.25, 0.3) is 11.9 Å². The fraction of sp³-hybridized carbons (Fsp3) is 0.154. The van der Waals surface area contributed by atoms with Crippen LogP contribution in [0.4, 0.5) is 23.2 Å². The van der Waals surface area contributed by atoms with Gasteiger partial charge in [-0.2, -0.15) is 22.5 Å². The minimum absolute atomic E-state index is 0.0571. The number of pyridine rings is 1. The van der Waals surface area contributed by atoms with Crippen LogP contribution in [0.2, 0.25) is 0 Å². The molecule has 0 atom stereocenters. The lowest BCUT2D eigenvalue weighted by molar-refractivity contribution is 0.410. The number of anilines is 1. The quantitative estimate of drug-likeness (QED) is 0.671. The van der Waals surface area contributed by atoms with Crippen LogP contribution >= 0.6 is 0 Å². The molecule has 0 aliphatic rings. The molecule has 0 amide bonds. The van der Waals surface area contributed by atoms with E-state index in [1.807, 2.05) is 0 Å². The van der Waals surface area contributed by atoms with Gasteiger partial charge in [-0.25, -0.2) is 0 Å². The van der Waals surface area contributed by atoms with E-state index in [0.717, 1.165) is 5.56 Å². The summed E-state index contributed by atoms with van der Waals surface area (Å²) in [6.45, 7) is 0.0571. The zero-order chi connectivity index (χ0) is 14.7. The lowest BCUT2D eigenvalue weighted by Gasteiger charge is -2.09. The Morgan fingerprint density at radius 2 is 1.50 bits per heavy atom. The maximum atomic E-state index is 13.3. The van der Waals surface area contributed by atoms with Crippen LogP contribution in [-0.4, -0.2) is 16.6 Å². The van der Waals surface area contributed by atoms with Crippen molar-refractivity contribution in [1.82, 2.24) is 4.98 Å². The van der Waals surface area contributed by atoms with E-state index >= 15 is 0 Å². The van der Waals surface area contributed by atoms with Gasteiger partial charge in [0.1, 0.15) is 11.4 Å². The average molecular weight is 286 g/mol. The fourth-order valence-electron chi connectivity index (χ4n) is 1.64. The highest BCUT2D eigenvalue weighted by molar-refractivity contribution is 5.45. The Morgan fingerprint density at radius 3 is 2.05 bits per heavy atom. The molecule has 0 spiro atoms. The molecule has 2 N–H and O–H groups in total. The number of phenols is 1. The van der Waals surface area contributed by atoms with Crippen molar-refractivity contribution < 1.29 is 22.7 Å². The van der Waals surface area contributed by atoms with Crippen LogP contribution < -0.4 is 5.32 Å². The number of nitrogens with zero attached hydrogens (tertiary/aromatic N) is 1. The first-order chi connectivity index (χ1) is 9.49. The molecule has 20 heavy (non-hydrogen) atoms. The number of rotatable bonds is 4. The molecule has 7 heteroatoms. The summed E-state index contributed by atoms with van der Waals surface area (Å²) in [5.41, 5.74) is -0.0973. The van der Waals surface area contributed by atoms with Crippen molar-refractivity contribution in [1.29, 1.82) is 0 Å². The number of benzene rings is 1. The van der Waals surface area contributed by atoms with E-state index in [4.69, 9.17) is 5.11 Å². The second-order valence-corrected chi connectivity index (χ2v) is 4.04. The predicted octanol–water partition coefficient (Wildman–Crippen LogP) is 3.00. The third-order valence-electron chi connectivity index (χ3n) is 2.65. The van der Waals surface area contributed by atoms with Gasteiger partial charge < -0.3 is 10.4 Å². The smallest absolute Gasteiger partial charge is 0.253 e. The molecule has 0 saturated carbocycles. The Kier molecular flexibility index (Phi) is 4.07. The molecule has 0 radical (unpaired) electrons. The van der Waals surface area contributed by atoms with Gasteiger partial charge in [-0.15, -0.1) is 0 Å². The third kappa shape index (κ3) is 2.98. The monoisotopic (exact) mass is 286 g/mol. The summed E-state index contributed by atoms with van der Waals surface area (Å²) in [6, 6.07) is 6.17. The molecule has 1 aromatic heterocycles. The Balaban J connectivity index is 2.06. The van der Waals surface area contributed by atoms with E-state index in [2.05, 4.69) is 10.3 Å². The van der Waals surface area contributed by atoms with Crippen LogP contribution in [0.5, 0.6) is 5.75 Å². The summed E-state index contributed by atoms with van der Waals surface area (Å²) in [4.78, 5) is 2.46. The second kappa shape index (κ2) is 5.77. The first-order valence-electron chi connectivity index (χ1n) is 5.71. The maximum absolute atomic E-state index is 13.3. The van der Waals surface area contributed by atoms with Crippen LogP contribution in [0, 0.1) is 23.5 Å². The largest absolute Gasteiger partial charge is 0.508 e. The summed E-state index contributed by atoms with van der Waals surface area (Å²) < 4.78 is 52.3. The molecule has 0 fully saturated rings. The Hall–Kier alpha value is -2.31. The summed E-state index contributed by atoms with van der Waals surface area (Å²) in [5, 5.41) is 11.4. The van der Waals surface area contributed by atoms with Crippen LogP contribution in [0.25, 0.3) is 0 Å². The van der Waals surface area contributed by atoms with Gasteiger partial charge in [0.15, 0.2) is 0 Å². The zero-order valence-corrected chi connectivity index (χ0v) is 10.1. The average Bonchev–Trinajstić information content (AvgIpc) is 2.42. The van der Waals surface area contributed by atoms with Crippen molar-refractivity contribution in [2.45, 2.75) is 6.42 Å². The van der Waals surface area contributed by atoms with Crippen molar-refractivity contribution in [3.63, 3.8) is 0 Å². The van der Waals surface area contributed by atoms with E-state index in [1.165, 1.54) is 12.1 Å². The van der Waals surface area contributed by atoms with Crippen molar-refractivity contribution in [2.75, 3.05) is 11.9 Å². The number of halogens is 4. The van der Waals surface area contributed by atoms with E-state index < -0.39 is 29.2 Å². The molecule has 0 aliphatic carbocycles. The maximum Gasteiger partial charge on any atom is 0.253 e. The van der Waals surface area contributed by atoms with E-state index in [1.54, 1.807) is 12.1 Å². The molecule has 0 unspecified atom stereocenters. The lowest BCUT2D eigenvalue weighted by Crippen LogP contribution is -2.12. The fourth-order valence-corrected chi connectivity index (χ4v) is 1.64. The molecule has 0 saturated heterocycles. The minimum Gasteiger partial charge on any atom is -0.508 e. The molecular formula is C13H10F4N2O. The lowest BCUT2D eigenvalue weighted by atomic mass is 10.1. The summed E-state index contributed by atoms with van der Waals surface area (Å²) >= 11 is 0. The van der Waals surface area contributed by atoms with Gasteiger partial charge in [0, 0.05) is 6.54 Å². The van der Waals surface area contributed by atoms with Crippen molar-refractivity contribution >= 4 is 5.69 Å². The van der Waals surface area contributed by atoms with Gasteiger partial charge in [0.2, 0.25) is 11.6 Å². The van der Waals surface area contributed by atoms with Crippen LogP contribution in [0.15, 0.2) is 24.3 Å². The third-order valence-corrected chi connectivity index (χ3v) is 2.65. The highest BCUT2D eigenvalue weighted by Gasteiger charge is 2.20. The normalized spacial score (nSPS) is 10.6. The van der Waals surface area contributed by atoms with Crippen molar-refractivity contribution in [2.24, 2.45) is 0 Å². The topological polar surface area (TPSA) is 45.1 Å². The number of phenolic OH excluding ortho intramolecular Hbond substituents is 1. The first kappa shape index (κ1) is 14.1. The molecule has 106 valence electrons. The second-order valence-electron chi connectivity index (χ2n) is 4.04. The first-order valence-corrected chi connectivity index (χ1v) is 5.71. The Morgan fingerprint density at radius 1 is 0.950 bits per heavy atom. The Labute approximate surface area is 111 Å². The van der Waals surface area contributed by atoms with E-state index in [-0.39, 0.29) is 12.3 Å². The van der Waals surface area contributed by atoms with Gasteiger partial charge in [-0.1, -0.05) is 12.1 Å². The van der Waals surface area contributed by atoms with Gasteiger partial charge >= 0.3 is 0 Å². The minimum atomic E-state index is -1.70. The molecule has 0 bridgehead atoms. The van der Waals surface area contributed by atoms with E-state index in [9.17, 15) is 17.6 Å². The predicted molar refractivity (Wildman–Crippen MR) is 64.4 cm³/mol. The standard InChI is InChI=1S/C13H10F4N2O/c14-9-11(10(15)13(17)19-12(9)16)18-6-5-7-1-3-8(20)4-2-7/h1-4,20H,5-6H2,(H,18,19). The number of hydrogen-bond acceptors (Lipinski definition) is 3. The summed E-state index contributed by atoms with van der Waals surface area (Å²) in [7, 11) is 0. The summed E-state index contributed by atoms with van der Waals surface area (Å²) in [6.07, 6.45) is 0.352. The van der Waals surface area contributed by atoms with Crippen LogP contribution in [-0.2, 0) is 6.42 Å². The molecular weight excluding hydrogens is 276 g/mol.